The number of benzene rings is 1. The second-order valence-corrected chi connectivity index (χ2v) is 2.67. The molecule has 1 aromatic heterocycles. The number of aromatic nitrogens is 1. The highest BCUT2D eigenvalue weighted by atomic mass is 16.5. The molecule has 62 valence electrons. The number of hydrogen-bond donors (Lipinski definition) is 3. The van der Waals surface area contributed by atoms with Crippen molar-refractivity contribution in [1.82, 2.24) is 4.73 Å². The fourth-order valence-electron chi connectivity index (χ4n) is 1.29. The van der Waals surface area contributed by atoms with Crippen molar-refractivity contribution in [3.05, 3.63) is 24.4 Å². The summed E-state index contributed by atoms with van der Waals surface area (Å²) >= 11 is 0. The number of nitrogen functional groups attached to an aromatic ring is 2. The molecule has 0 saturated carbocycles. The zero-order valence-electron chi connectivity index (χ0n) is 6.36. The van der Waals surface area contributed by atoms with Gasteiger partial charge in [0, 0.05) is 17.3 Å². The summed E-state index contributed by atoms with van der Waals surface area (Å²) in [6.07, 6.45) is 1.51. The van der Waals surface area contributed by atoms with Gasteiger partial charge in [0.2, 0.25) is 0 Å². The molecule has 1 aromatic carbocycles. The van der Waals surface area contributed by atoms with Crippen LogP contribution in [0.4, 0.5) is 11.4 Å². The van der Waals surface area contributed by atoms with Gasteiger partial charge in [-0.05, 0) is 18.2 Å². The topological polar surface area (TPSA) is 77.2 Å². The lowest BCUT2D eigenvalue weighted by Gasteiger charge is -2.01. The number of fused-ring (bicyclic) bond motifs is 1. The van der Waals surface area contributed by atoms with Crippen molar-refractivity contribution < 1.29 is 5.21 Å². The second-order valence-electron chi connectivity index (χ2n) is 2.67. The molecule has 12 heavy (non-hydrogen) atoms. The lowest BCUT2D eigenvalue weighted by Crippen LogP contribution is -1.95. The quantitative estimate of drug-likeness (QED) is 0.401. The normalized spacial score (nSPS) is 10.7. The van der Waals surface area contributed by atoms with Crippen molar-refractivity contribution in [2.75, 3.05) is 11.5 Å². The van der Waals surface area contributed by atoms with Gasteiger partial charge >= 0.3 is 0 Å². The molecule has 0 aliphatic carbocycles. The minimum atomic E-state index is 0.520. The maximum absolute atomic E-state index is 9.30. The monoisotopic (exact) mass is 163 g/mol. The summed E-state index contributed by atoms with van der Waals surface area (Å²) in [6.45, 7) is 0. The molecule has 0 fully saturated rings. The molecular formula is C8H9N3O. The minimum Gasteiger partial charge on any atom is -0.428 e. The Bertz CT molecular complexity index is 433. The van der Waals surface area contributed by atoms with Crippen molar-refractivity contribution >= 4 is 22.3 Å². The van der Waals surface area contributed by atoms with E-state index in [1.807, 2.05) is 0 Å². The van der Waals surface area contributed by atoms with Crippen LogP contribution >= 0.6 is 0 Å². The van der Waals surface area contributed by atoms with Crippen LogP contribution in [0.15, 0.2) is 24.4 Å². The lowest BCUT2D eigenvalue weighted by molar-refractivity contribution is 0.200. The highest BCUT2D eigenvalue weighted by Crippen LogP contribution is 2.26. The first-order valence-corrected chi connectivity index (χ1v) is 3.54. The van der Waals surface area contributed by atoms with Crippen molar-refractivity contribution in [3.63, 3.8) is 0 Å². The Hall–Kier alpha value is -1.84. The summed E-state index contributed by atoms with van der Waals surface area (Å²) < 4.78 is 0.973. The van der Waals surface area contributed by atoms with E-state index in [1.165, 1.54) is 6.20 Å². The Morgan fingerprint density at radius 3 is 2.42 bits per heavy atom. The van der Waals surface area contributed by atoms with Crippen LogP contribution in [0.25, 0.3) is 10.9 Å². The van der Waals surface area contributed by atoms with E-state index >= 15 is 0 Å². The fourth-order valence-corrected chi connectivity index (χ4v) is 1.29. The van der Waals surface area contributed by atoms with Crippen molar-refractivity contribution in [2.45, 2.75) is 0 Å². The number of hydrogen-bond acceptors (Lipinski definition) is 3. The van der Waals surface area contributed by atoms with Gasteiger partial charge in [0.25, 0.3) is 0 Å². The number of anilines is 2. The third-order valence-electron chi connectivity index (χ3n) is 1.89. The van der Waals surface area contributed by atoms with Gasteiger partial charge in [0.1, 0.15) is 5.52 Å². The summed E-state index contributed by atoms with van der Waals surface area (Å²) in [7, 11) is 0. The van der Waals surface area contributed by atoms with E-state index in [2.05, 4.69) is 0 Å². The van der Waals surface area contributed by atoms with Gasteiger partial charge < -0.3 is 16.7 Å². The summed E-state index contributed by atoms with van der Waals surface area (Å²) in [5, 5.41) is 10.1. The van der Waals surface area contributed by atoms with Gasteiger partial charge in [-0.2, -0.15) is 4.73 Å². The van der Waals surface area contributed by atoms with E-state index in [-0.39, 0.29) is 0 Å². The standard InChI is InChI=1S/C8H9N3O/c9-6-1-2-7(10)8-5(6)3-4-11(8)12/h1-4,12H,9-10H2. The summed E-state index contributed by atoms with van der Waals surface area (Å²) in [4.78, 5) is 0. The molecule has 2 aromatic rings. The van der Waals surface area contributed by atoms with E-state index in [0.717, 1.165) is 10.1 Å². The van der Waals surface area contributed by atoms with E-state index < -0.39 is 0 Å². The van der Waals surface area contributed by atoms with E-state index in [4.69, 9.17) is 11.5 Å². The van der Waals surface area contributed by atoms with Gasteiger partial charge in [-0.15, -0.1) is 0 Å². The van der Waals surface area contributed by atoms with E-state index in [1.54, 1.807) is 18.2 Å². The van der Waals surface area contributed by atoms with Crippen LogP contribution < -0.4 is 11.5 Å². The Labute approximate surface area is 69.0 Å². The largest absolute Gasteiger partial charge is 0.428 e. The molecule has 2 rings (SSSR count). The maximum atomic E-state index is 9.30. The van der Waals surface area contributed by atoms with Gasteiger partial charge in [-0.25, -0.2) is 0 Å². The van der Waals surface area contributed by atoms with E-state index in [0.29, 0.717) is 16.9 Å². The maximum Gasteiger partial charge on any atom is 0.111 e. The van der Waals surface area contributed by atoms with Gasteiger partial charge in [0.15, 0.2) is 0 Å². The van der Waals surface area contributed by atoms with Crippen LogP contribution in [0.3, 0.4) is 0 Å². The summed E-state index contributed by atoms with van der Waals surface area (Å²) in [5.74, 6) is 0. The molecule has 5 N–H and O–H groups in total. The van der Waals surface area contributed by atoms with Crippen molar-refractivity contribution in [1.29, 1.82) is 0 Å². The van der Waals surface area contributed by atoms with Crippen LogP contribution in [-0.4, -0.2) is 9.94 Å². The minimum absolute atomic E-state index is 0.520. The Morgan fingerprint density at radius 1 is 1.08 bits per heavy atom. The summed E-state index contributed by atoms with van der Waals surface area (Å²) in [5.41, 5.74) is 13.0. The van der Waals surface area contributed by atoms with E-state index in [9.17, 15) is 5.21 Å². The Morgan fingerprint density at radius 2 is 1.75 bits per heavy atom. The Kier molecular flexibility index (Phi) is 1.18. The zero-order chi connectivity index (χ0) is 8.72. The first-order valence-electron chi connectivity index (χ1n) is 3.54. The lowest BCUT2D eigenvalue weighted by atomic mass is 10.2. The first-order chi connectivity index (χ1) is 5.70. The third-order valence-corrected chi connectivity index (χ3v) is 1.89. The molecule has 0 radical (unpaired) electrons. The van der Waals surface area contributed by atoms with Gasteiger partial charge in [0.05, 0.1) is 5.69 Å². The van der Waals surface area contributed by atoms with Crippen LogP contribution in [0, 0.1) is 0 Å². The molecule has 0 unspecified atom stereocenters. The number of nitrogens with two attached hydrogens (primary N) is 2. The van der Waals surface area contributed by atoms with Crippen LogP contribution in [0.5, 0.6) is 0 Å². The molecule has 0 atom stereocenters. The molecule has 4 heteroatoms. The molecule has 0 bridgehead atoms. The molecule has 0 saturated heterocycles. The summed E-state index contributed by atoms with van der Waals surface area (Å²) in [6, 6.07) is 5.11. The Balaban J connectivity index is 2.98. The zero-order valence-corrected chi connectivity index (χ0v) is 6.36. The molecule has 0 aliphatic rings. The third kappa shape index (κ3) is 0.717. The van der Waals surface area contributed by atoms with Crippen LogP contribution in [-0.2, 0) is 0 Å². The van der Waals surface area contributed by atoms with Crippen molar-refractivity contribution in [3.8, 4) is 0 Å². The molecule has 0 spiro atoms. The SMILES string of the molecule is Nc1ccc(N)c2c1ccn2O. The van der Waals surface area contributed by atoms with Gasteiger partial charge in [-0.3, -0.25) is 0 Å². The molecule has 0 aliphatic heterocycles. The van der Waals surface area contributed by atoms with Crippen LogP contribution in [0.1, 0.15) is 0 Å². The molecule has 0 amide bonds. The van der Waals surface area contributed by atoms with Crippen LogP contribution in [0.2, 0.25) is 0 Å². The fraction of sp³-hybridized carbons (Fsp3) is 0. The molecule has 4 nitrogen and oxygen atoms in total. The average molecular weight is 163 g/mol. The second kappa shape index (κ2) is 2.07. The number of nitrogens with zero attached hydrogens (tertiary/aromatic N) is 1. The first kappa shape index (κ1) is 6.84. The average Bonchev–Trinajstić information content (AvgIpc) is 2.42. The predicted octanol–water partition coefficient (Wildman–Crippen LogP) is 1.04. The van der Waals surface area contributed by atoms with Crippen molar-refractivity contribution in [2.24, 2.45) is 0 Å². The smallest absolute Gasteiger partial charge is 0.111 e. The van der Waals surface area contributed by atoms with Gasteiger partial charge in [-0.1, -0.05) is 0 Å². The molecular weight excluding hydrogens is 154 g/mol. The highest BCUT2D eigenvalue weighted by molar-refractivity contribution is 5.98. The predicted molar refractivity (Wildman–Crippen MR) is 47.9 cm³/mol. The highest BCUT2D eigenvalue weighted by Gasteiger charge is 2.05. The number of rotatable bonds is 0. The molecule has 1 heterocycles.